The number of benzene rings is 2. The molecule has 2 aromatic rings. The lowest BCUT2D eigenvalue weighted by molar-refractivity contribution is -0.133. The van der Waals surface area contributed by atoms with Crippen LogP contribution in [0.15, 0.2) is 53.4 Å². The quantitative estimate of drug-likeness (QED) is 0.553. The summed E-state index contributed by atoms with van der Waals surface area (Å²) in [6.45, 7) is 5.83. The van der Waals surface area contributed by atoms with E-state index in [0.29, 0.717) is 25.3 Å². The van der Waals surface area contributed by atoms with Gasteiger partial charge in [0.15, 0.2) is 0 Å². The van der Waals surface area contributed by atoms with Gasteiger partial charge in [0.25, 0.3) is 0 Å². The normalized spacial score (nSPS) is 15.2. The topological polar surface area (TPSA) is 70.2 Å². The molecular weight excluding hydrogens is 450 g/mol. The van der Waals surface area contributed by atoms with Crippen molar-refractivity contribution >= 4 is 27.5 Å². The molecule has 7 nitrogen and oxygen atoms in total. The van der Waals surface area contributed by atoms with Crippen LogP contribution in [-0.2, 0) is 21.2 Å². The number of piperazine rings is 1. The van der Waals surface area contributed by atoms with Crippen molar-refractivity contribution in [3.05, 3.63) is 59.1 Å². The van der Waals surface area contributed by atoms with Gasteiger partial charge >= 0.3 is 0 Å². The molecule has 9 heteroatoms. The Kier molecular flexibility index (Phi) is 8.53. The first-order chi connectivity index (χ1) is 15.3. The number of ether oxygens (including phenoxy) is 1. The highest BCUT2D eigenvalue weighted by molar-refractivity contribution is 7.89. The Balaban J connectivity index is 1.81. The summed E-state index contributed by atoms with van der Waals surface area (Å²) in [5.41, 5.74) is 1.00. The number of nitrogens with zero attached hydrogens (tertiary/aromatic N) is 3. The number of amides is 1. The van der Waals surface area contributed by atoms with Gasteiger partial charge < -0.3 is 14.5 Å². The maximum Gasteiger partial charge on any atom is 0.243 e. The number of hydrogen-bond donors (Lipinski definition) is 0. The van der Waals surface area contributed by atoms with Crippen LogP contribution < -0.4 is 4.74 Å². The number of rotatable bonds is 9. The van der Waals surface area contributed by atoms with Crippen LogP contribution in [0, 0.1) is 0 Å². The first-order valence-electron chi connectivity index (χ1n) is 10.7. The van der Waals surface area contributed by atoms with Gasteiger partial charge in [0.1, 0.15) is 5.75 Å². The van der Waals surface area contributed by atoms with Gasteiger partial charge in [-0.15, -0.1) is 0 Å². The largest absolute Gasteiger partial charge is 0.495 e. The lowest BCUT2D eigenvalue weighted by atomic mass is 10.1. The third-order valence-corrected chi connectivity index (χ3v) is 7.87. The Morgan fingerprint density at radius 1 is 1.09 bits per heavy atom. The molecule has 0 aliphatic carbocycles. The molecule has 2 aromatic carbocycles. The predicted molar refractivity (Wildman–Crippen MR) is 126 cm³/mol. The second kappa shape index (κ2) is 11.1. The van der Waals surface area contributed by atoms with Gasteiger partial charge in [0.05, 0.1) is 23.6 Å². The molecular formula is C23H30ClN3O4S. The number of carbonyl (C=O) groups excluding carboxylic acids is 1. The van der Waals surface area contributed by atoms with Crippen LogP contribution in [0.3, 0.4) is 0 Å². The average molecular weight is 480 g/mol. The number of hydrogen-bond acceptors (Lipinski definition) is 5. The van der Waals surface area contributed by atoms with Crippen LogP contribution in [0.2, 0.25) is 5.02 Å². The first-order valence-corrected chi connectivity index (χ1v) is 12.5. The molecule has 1 amide bonds. The maximum atomic E-state index is 13.5. The molecule has 32 heavy (non-hydrogen) atoms. The van der Waals surface area contributed by atoms with Crippen molar-refractivity contribution < 1.29 is 17.9 Å². The molecule has 1 fully saturated rings. The average Bonchev–Trinajstić information content (AvgIpc) is 2.82. The summed E-state index contributed by atoms with van der Waals surface area (Å²) in [5.74, 6) is 0.211. The van der Waals surface area contributed by atoms with Crippen molar-refractivity contribution in [1.29, 1.82) is 0 Å². The van der Waals surface area contributed by atoms with Gasteiger partial charge in [-0.3, -0.25) is 4.79 Å². The highest BCUT2D eigenvalue weighted by Gasteiger charge is 2.30. The van der Waals surface area contributed by atoms with E-state index in [-0.39, 0.29) is 28.9 Å². The minimum atomic E-state index is -3.93. The maximum absolute atomic E-state index is 13.5. The molecule has 0 unspecified atom stereocenters. The van der Waals surface area contributed by atoms with Crippen molar-refractivity contribution in [1.82, 2.24) is 14.1 Å². The summed E-state index contributed by atoms with van der Waals surface area (Å²) in [7, 11) is -2.46. The molecule has 1 aliphatic rings. The second-order valence-corrected chi connectivity index (χ2v) is 10.0. The third-order valence-electron chi connectivity index (χ3n) is 5.74. The Morgan fingerprint density at radius 3 is 2.38 bits per heavy atom. The Bertz CT molecular complexity index is 1010. The Hall–Kier alpha value is -2.13. The molecule has 0 spiro atoms. The van der Waals surface area contributed by atoms with Crippen molar-refractivity contribution in [2.45, 2.75) is 18.2 Å². The summed E-state index contributed by atoms with van der Waals surface area (Å²) in [6.07, 6.45) is 0.501. The van der Waals surface area contributed by atoms with Crippen LogP contribution in [0.25, 0.3) is 0 Å². The molecule has 1 saturated heterocycles. The van der Waals surface area contributed by atoms with E-state index < -0.39 is 10.0 Å². The fourth-order valence-electron chi connectivity index (χ4n) is 3.70. The van der Waals surface area contributed by atoms with Crippen molar-refractivity contribution in [2.24, 2.45) is 0 Å². The molecule has 0 aromatic heterocycles. The molecule has 0 atom stereocenters. The molecule has 0 radical (unpaired) electrons. The van der Waals surface area contributed by atoms with Gasteiger partial charge in [0, 0.05) is 32.7 Å². The minimum absolute atomic E-state index is 0.0416. The highest BCUT2D eigenvalue weighted by Crippen LogP contribution is 2.28. The predicted octanol–water partition coefficient (Wildman–Crippen LogP) is 2.75. The highest BCUT2D eigenvalue weighted by atomic mass is 35.5. The molecule has 1 heterocycles. The van der Waals surface area contributed by atoms with E-state index in [4.69, 9.17) is 16.3 Å². The number of likely N-dealkylation sites (N-methyl/N-ethyl adjacent to an activating group) is 1. The molecule has 0 N–H and O–H groups in total. The monoisotopic (exact) mass is 479 g/mol. The Labute approximate surface area is 195 Å². The van der Waals surface area contributed by atoms with Crippen LogP contribution in [0.5, 0.6) is 5.75 Å². The van der Waals surface area contributed by atoms with Crippen LogP contribution >= 0.6 is 11.6 Å². The smallest absolute Gasteiger partial charge is 0.243 e. The molecule has 1 aliphatic heterocycles. The SMILES string of the molecule is CCN1CCN(C(=O)CN(CCc2ccccc2)S(=O)(=O)c2ccc(OC)c(Cl)c2)CC1. The first kappa shape index (κ1) is 24.5. The zero-order chi connectivity index (χ0) is 23.1. The van der Waals surface area contributed by atoms with Gasteiger partial charge in [-0.05, 0) is 36.7 Å². The number of methoxy groups -OCH3 is 1. The van der Waals surface area contributed by atoms with E-state index in [2.05, 4.69) is 11.8 Å². The lowest BCUT2D eigenvalue weighted by Gasteiger charge is -2.35. The summed E-state index contributed by atoms with van der Waals surface area (Å²) < 4.78 is 33.3. The molecule has 0 bridgehead atoms. The van der Waals surface area contributed by atoms with Crippen molar-refractivity contribution in [2.75, 3.05) is 52.9 Å². The van der Waals surface area contributed by atoms with E-state index in [9.17, 15) is 13.2 Å². The van der Waals surface area contributed by atoms with Crippen molar-refractivity contribution in [3.63, 3.8) is 0 Å². The third kappa shape index (κ3) is 6.01. The fourth-order valence-corrected chi connectivity index (χ4v) is 5.44. The van der Waals surface area contributed by atoms with E-state index >= 15 is 0 Å². The van der Waals surface area contributed by atoms with Crippen LogP contribution in [-0.4, -0.2) is 81.4 Å². The number of halogens is 1. The van der Waals surface area contributed by atoms with E-state index in [1.54, 1.807) is 4.90 Å². The molecule has 0 saturated carbocycles. The standard InChI is InChI=1S/C23H30ClN3O4S/c1-3-25-13-15-26(16-14-25)23(28)18-27(12-11-19-7-5-4-6-8-19)32(29,30)20-9-10-22(31-2)21(24)17-20/h4-10,17H,3,11-16,18H2,1-2H3. The minimum Gasteiger partial charge on any atom is -0.495 e. The molecule has 174 valence electrons. The van der Waals surface area contributed by atoms with E-state index in [1.165, 1.54) is 29.6 Å². The van der Waals surface area contributed by atoms with Gasteiger partial charge in [0.2, 0.25) is 15.9 Å². The zero-order valence-corrected chi connectivity index (χ0v) is 20.1. The fraction of sp³-hybridized carbons (Fsp3) is 0.435. The van der Waals surface area contributed by atoms with E-state index in [1.807, 2.05) is 30.3 Å². The number of sulfonamides is 1. The van der Waals surface area contributed by atoms with Crippen LogP contribution in [0.4, 0.5) is 0 Å². The van der Waals surface area contributed by atoms with Crippen LogP contribution in [0.1, 0.15) is 12.5 Å². The van der Waals surface area contributed by atoms with Gasteiger partial charge in [-0.25, -0.2) is 8.42 Å². The Morgan fingerprint density at radius 2 is 1.78 bits per heavy atom. The lowest BCUT2D eigenvalue weighted by Crippen LogP contribution is -2.51. The van der Waals surface area contributed by atoms with Gasteiger partial charge in [-0.2, -0.15) is 4.31 Å². The van der Waals surface area contributed by atoms with Gasteiger partial charge in [-0.1, -0.05) is 48.9 Å². The summed E-state index contributed by atoms with van der Waals surface area (Å²) in [6, 6.07) is 14.0. The number of carbonyl (C=O) groups is 1. The molecule has 3 rings (SSSR count). The summed E-state index contributed by atoms with van der Waals surface area (Å²) >= 11 is 6.18. The van der Waals surface area contributed by atoms with Crippen molar-refractivity contribution in [3.8, 4) is 5.75 Å². The second-order valence-electron chi connectivity index (χ2n) is 7.69. The van der Waals surface area contributed by atoms with E-state index in [0.717, 1.165) is 25.2 Å². The summed E-state index contributed by atoms with van der Waals surface area (Å²) in [5, 5.41) is 0.207. The zero-order valence-electron chi connectivity index (χ0n) is 18.5. The summed E-state index contributed by atoms with van der Waals surface area (Å²) in [4.78, 5) is 17.1.